The topological polar surface area (TPSA) is 125 Å². The average molecular weight is 982 g/mol. The molecule has 1 heterocycles. The first-order chi connectivity index (χ1) is 35.8. The summed E-state index contributed by atoms with van der Waals surface area (Å²) in [5.41, 5.74) is 9.06. The van der Waals surface area contributed by atoms with Gasteiger partial charge in [-0.15, -0.1) is 0 Å². The van der Waals surface area contributed by atoms with E-state index in [1.807, 2.05) is 109 Å². The Morgan fingerprint density at radius 3 is 1.59 bits per heavy atom. The molecule has 0 unspecified atom stereocenters. The van der Waals surface area contributed by atoms with Crippen LogP contribution in [0.5, 0.6) is 5.75 Å². The highest BCUT2D eigenvalue weighted by molar-refractivity contribution is 5.79. The van der Waals surface area contributed by atoms with Crippen molar-refractivity contribution in [2.45, 2.75) is 95.8 Å². The molecule has 3 N–H and O–H groups in total. The maximum atomic E-state index is 12.6. The van der Waals surface area contributed by atoms with Crippen LogP contribution in [0.1, 0.15) is 75.1 Å². The average Bonchev–Trinajstić information content (AvgIpc) is 3.43. The predicted octanol–water partition coefficient (Wildman–Crippen LogP) is 10.8. The highest BCUT2D eigenvalue weighted by atomic mass is 16.6. The van der Waals surface area contributed by atoms with E-state index in [2.05, 4.69) is 97.2 Å². The molecule has 5 atom stereocenters. The normalized spacial score (nSPS) is 17.9. The van der Waals surface area contributed by atoms with Gasteiger partial charge < -0.3 is 44.0 Å². The zero-order chi connectivity index (χ0) is 50.7. The van der Waals surface area contributed by atoms with Crippen LogP contribution < -0.4 is 10.1 Å². The largest absolute Gasteiger partial charge is 0.489 e. The molecule has 73 heavy (non-hydrogen) atoms. The van der Waals surface area contributed by atoms with Crippen molar-refractivity contribution in [2.24, 2.45) is 0 Å². The van der Waals surface area contributed by atoms with Crippen LogP contribution in [0.4, 0.5) is 0 Å². The molecule has 0 saturated carbocycles. The standard InChI is InChI=1S/C63H67NO9/c1-46-35-56(69-39-50-21-10-4-11-22-50)55(37-54(46)36-48-33-31-47(32-34-48)29-18-30-58(67)64-63(2,44-65)45-66)59-61(71-41-52-25-14-6-15-26-52)62(72-42-53-27-16-7-17-28-53)60(70-40-51-23-12-5-13-24-51)57(73-59)43-68-38-49-19-8-3-9-20-49/h3-29,31-35,37,57,59-62,65-66H,30,36,38-45H2,1-2H3,(H,64,67)/b29-18+/t57-,59+,60-,61+,62+/m1/s1. The van der Waals surface area contributed by atoms with E-state index in [4.69, 9.17) is 28.4 Å². The quantitative estimate of drug-likeness (QED) is 0.0513. The lowest BCUT2D eigenvalue weighted by atomic mass is 9.87. The number of rotatable bonds is 25. The predicted molar refractivity (Wildman–Crippen MR) is 284 cm³/mol. The second kappa shape index (κ2) is 26.8. The molecule has 7 aromatic rings. The first kappa shape index (κ1) is 52.6. The van der Waals surface area contributed by atoms with Crippen molar-refractivity contribution >= 4 is 12.0 Å². The number of aliphatic hydroxyl groups excluding tert-OH is 2. The number of nitrogens with one attached hydrogen (secondary N) is 1. The second-order valence-corrected chi connectivity index (χ2v) is 18.9. The van der Waals surface area contributed by atoms with Gasteiger partial charge in [-0.2, -0.15) is 0 Å². The molecule has 0 aromatic heterocycles. The molecule has 8 rings (SSSR count). The Morgan fingerprint density at radius 2 is 1.07 bits per heavy atom. The van der Waals surface area contributed by atoms with E-state index in [1.165, 1.54) is 0 Å². The number of ether oxygens (including phenoxy) is 6. The fourth-order valence-corrected chi connectivity index (χ4v) is 8.84. The van der Waals surface area contributed by atoms with E-state index in [0.29, 0.717) is 45.2 Å². The lowest BCUT2D eigenvalue weighted by Crippen LogP contribution is -2.58. The molecule has 10 nitrogen and oxygen atoms in total. The molecule has 0 bridgehead atoms. The fourth-order valence-electron chi connectivity index (χ4n) is 8.84. The second-order valence-electron chi connectivity index (χ2n) is 18.9. The molecule has 378 valence electrons. The van der Waals surface area contributed by atoms with Crippen molar-refractivity contribution in [3.05, 3.63) is 250 Å². The summed E-state index contributed by atoms with van der Waals surface area (Å²) in [6.45, 7) is 4.87. The monoisotopic (exact) mass is 981 g/mol. The van der Waals surface area contributed by atoms with Crippen molar-refractivity contribution in [3.8, 4) is 5.75 Å². The summed E-state index contributed by atoms with van der Waals surface area (Å²) in [7, 11) is 0. The zero-order valence-corrected chi connectivity index (χ0v) is 41.8. The molecule has 1 amide bonds. The smallest absolute Gasteiger partial charge is 0.224 e. The molecule has 1 fully saturated rings. The summed E-state index contributed by atoms with van der Waals surface area (Å²) in [5.74, 6) is 0.395. The Balaban J connectivity index is 1.17. The highest BCUT2D eigenvalue weighted by Crippen LogP contribution is 2.43. The number of hydrogen-bond donors (Lipinski definition) is 3. The Kier molecular flexibility index (Phi) is 19.3. The van der Waals surface area contributed by atoms with E-state index in [9.17, 15) is 15.0 Å². The molecule has 0 radical (unpaired) electrons. The van der Waals surface area contributed by atoms with Gasteiger partial charge in [-0.3, -0.25) is 4.79 Å². The molecule has 0 aliphatic carbocycles. The van der Waals surface area contributed by atoms with Crippen LogP contribution >= 0.6 is 0 Å². The van der Waals surface area contributed by atoms with E-state index in [1.54, 1.807) is 13.0 Å². The van der Waals surface area contributed by atoms with Gasteiger partial charge in [0, 0.05) is 12.0 Å². The van der Waals surface area contributed by atoms with Crippen molar-refractivity contribution in [2.75, 3.05) is 19.8 Å². The Morgan fingerprint density at radius 1 is 0.589 bits per heavy atom. The molecular weight excluding hydrogens is 915 g/mol. The van der Waals surface area contributed by atoms with Gasteiger partial charge in [-0.05, 0) is 82.5 Å². The molecule has 1 aliphatic rings. The van der Waals surface area contributed by atoms with Crippen LogP contribution in [0.25, 0.3) is 6.08 Å². The zero-order valence-electron chi connectivity index (χ0n) is 41.8. The van der Waals surface area contributed by atoms with Gasteiger partial charge in [0.05, 0.1) is 51.8 Å². The van der Waals surface area contributed by atoms with Crippen molar-refractivity contribution in [3.63, 3.8) is 0 Å². The lowest BCUT2D eigenvalue weighted by molar-refractivity contribution is -0.275. The first-order valence-electron chi connectivity index (χ1n) is 25.1. The summed E-state index contributed by atoms with van der Waals surface area (Å²) in [4.78, 5) is 12.6. The number of hydrogen-bond acceptors (Lipinski definition) is 9. The number of carbonyl (C=O) groups is 1. The third-order valence-corrected chi connectivity index (χ3v) is 13.0. The summed E-state index contributed by atoms with van der Waals surface area (Å²) < 4.78 is 42.2. The van der Waals surface area contributed by atoms with E-state index < -0.39 is 36.1 Å². The van der Waals surface area contributed by atoms with Gasteiger partial charge in [0.25, 0.3) is 0 Å². The van der Waals surface area contributed by atoms with E-state index in [-0.39, 0.29) is 32.1 Å². The first-order valence-corrected chi connectivity index (χ1v) is 25.1. The summed E-state index contributed by atoms with van der Waals surface area (Å²) in [5, 5.41) is 21.9. The number of aryl methyl sites for hydroxylation is 1. The molecule has 1 saturated heterocycles. The van der Waals surface area contributed by atoms with Crippen LogP contribution in [0.3, 0.4) is 0 Å². The SMILES string of the molecule is Cc1cc(OCc2ccccc2)c([C@@H]2O[C@H](COCc3ccccc3)[C@@H](OCc3ccccc3)[C@H](OCc3ccccc3)[C@H]2OCc2ccccc2)cc1Cc1ccc(/C=C/CC(=O)NC(C)(CO)CO)cc1. The van der Waals surface area contributed by atoms with Gasteiger partial charge in [0.1, 0.15) is 42.9 Å². The number of benzene rings is 7. The molecule has 0 spiro atoms. The van der Waals surface area contributed by atoms with Crippen LogP contribution in [-0.2, 0) is 67.9 Å². The Hall–Kier alpha value is -6.73. The van der Waals surface area contributed by atoms with Crippen LogP contribution in [0.2, 0.25) is 0 Å². The van der Waals surface area contributed by atoms with Gasteiger partial charge in [0.15, 0.2) is 0 Å². The van der Waals surface area contributed by atoms with Crippen LogP contribution in [-0.4, -0.2) is 65.9 Å². The van der Waals surface area contributed by atoms with Gasteiger partial charge in [-0.1, -0.05) is 188 Å². The summed E-state index contributed by atoms with van der Waals surface area (Å²) in [6, 6.07) is 63.3. The van der Waals surface area contributed by atoms with Crippen molar-refractivity contribution in [1.82, 2.24) is 5.32 Å². The molecule has 10 heteroatoms. The molecule has 7 aromatic carbocycles. The summed E-state index contributed by atoms with van der Waals surface area (Å²) >= 11 is 0. The highest BCUT2D eigenvalue weighted by Gasteiger charge is 2.50. The van der Waals surface area contributed by atoms with Gasteiger partial charge in [-0.25, -0.2) is 0 Å². The number of aliphatic hydroxyl groups is 2. The number of carbonyl (C=O) groups excluding carboxylic acids is 1. The van der Waals surface area contributed by atoms with Crippen LogP contribution in [0.15, 0.2) is 194 Å². The van der Waals surface area contributed by atoms with Crippen LogP contribution in [0, 0.1) is 6.92 Å². The third kappa shape index (κ3) is 15.4. The minimum atomic E-state index is -1.08. The van der Waals surface area contributed by atoms with Gasteiger partial charge >= 0.3 is 0 Å². The minimum absolute atomic E-state index is 0.107. The third-order valence-electron chi connectivity index (χ3n) is 13.0. The molecule has 1 aliphatic heterocycles. The Bertz CT molecular complexity index is 2750. The number of amides is 1. The van der Waals surface area contributed by atoms with E-state index >= 15 is 0 Å². The molecular formula is C63H67NO9. The minimum Gasteiger partial charge on any atom is -0.489 e. The van der Waals surface area contributed by atoms with Crippen molar-refractivity contribution < 1.29 is 43.4 Å². The maximum absolute atomic E-state index is 12.6. The van der Waals surface area contributed by atoms with E-state index in [0.717, 1.165) is 55.6 Å². The van der Waals surface area contributed by atoms with Gasteiger partial charge in [0.2, 0.25) is 5.91 Å². The van der Waals surface area contributed by atoms with Crippen molar-refractivity contribution in [1.29, 1.82) is 0 Å². The Labute approximate surface area is 430 Å². The maximum Gasteiger partial charge on any atom is 0.224 e. The lowest BCUT2D eigenvalue weighted by Gasteiger charge is -2.46. The fraction of sp³-hybridized carbons (Fsp3) is 0.286. The summed E-state index contributed by atoms with van der Waals surface area (Å²) in [6.07, 6.45) is 1.17.